The number of non-ortho nitro benzene ring substituents is 1. The van der Waals surface area contributed by atoms with E-state index in [4.69, 9.17) is 0 Å². The summed E-state index contributed by atoms with van der Waals surface area (Å²) in [4.78, 5) is 21.8. The summed E-state index contributed by atoms with van der Waals surface area (Å²) >= 11 is 0. The highest BCUT2D eigenvalue weighted by molar-refractivity contribution is 7.92. The minimum Gasteiger partial charge on any atom is -0.293 e. The molecule has 0 aliphatic carbocycles. The van der Waals surface area contributed by atoms with Crippen molar-refractivity contribution in [2.75, 3.05) is 11.5 Å². The third-order valence-electron chi connectivity index (χ3n) is 2.54. The predicted octanol–water partition coefficient (Wildman–Crippen LogP) is 1.99. The van der Waals surface area contributed by atoms with Crippen LogP contribution in [0.4, 0.5) is 5.69 Å². The van der Waals surface area contributed by atoms with E-state index < -0.39 is 26.3 Å². The van der Waals surface area contributed by atoms with Gasteiger partial charge in [-0.3, -0.25) is 14.9 Å². The fraction of sp³-hybridized carbons (Fsp3) is 0.417. The minimum atomic E-state index is -3.44. The van der Waals surface area contributed by atoms with Gasteiger partial charge in [-0.1, -0.05) is 25.5 Å². The number of nitro groups is 1. The summed E-state index contributed by atoms with van der Waals surface area (Å²) in [5, 5.41) is 10.6. The number of nitrogens with zero attached hydrogens (tertiary/aromatic N) is 1. The summed E-state index contributed by atoms with van der Waals surface area (Å²) in [6, 6.07) is 5.09. The molecule has 19 heavy (non-hydrogen) atoms. The molecule has 0 atom stereocenters. The number of hydrogen-bond acceptors (Lipinski definition) is 5. The fourth-order valence-corrected chi connectivity index (χ4v) is 2.95. The number of rotatable bonds is 7. The average molecular weight is 285 g/mol. The molecule has 0 N–H and O–H groups in total. The van der Waals surface area contributed by atoms with Crippen molar-refractivity contribution in [2.24, 2.45) is 0 Å². The maximum atomic E-state index is 11.8. The third kappa shape index (κ3) is 4.78. The van der Waals surface area contributed by atoms with E-state index in [1.54, 1.807) is 0 Å². The molecule has 0 amide bonds. The first-order valence-corrected chi connectivity index (χ1v) is 7.66. The maximum absolute atomic E-state index is 11.8. The molecule has 0 bridgehead atoms. The van der Waals surface area contributed by atoms with Gasteiger partial charge in [-0.05, 0) is 6.42 Å². The Kier molecular flexibility index (Phi) is 5.17. The highest BCUT2D eigenvalue weighted by atomic mass is 32.2. The Bertz CT molecular complexity index is 580. The SMILES string of the molecule is CCCCS(=O)(=O)CC(=O)c1cccc([N+](=O)[O-])c1. The van der Waals surface area contributed by atoms with Crippen LogP contribution >= 0.6 is 0 Å². The summed E-state index contributed by atoms with van der Waals surface area (Å²) in [5.74, 6) is -1.25. The van der Waals surface area contributed by atoms with E-state index in [0.717, 1.165) is 12.5 Å². The van der Waals surface area contributed by atoms with Crippen LogP contribution in [0.15, 0.2) is 24.3 Å². The van der Waals surface area contributed by atoms with E-state index in [1.165, 1.54) is 18.2 Å². The van der Waals surface area contributed by atoms with Gasteiger partial charge < -0.3 is 0 Å². The van der Waals surface area contributed by atoms with Crippen molar-refractivity contribution in [1.29, 1.82) is 0 Å². The Balaban J connectivity index is 2.84. The van der Waals surface area contributed by atoms with Crippen LogP contribution in [-0.2, 0) is 9.84 Å². The van der Waals surface area contributed by atoms with Crippen LogP contribution in [0.1, 0.15) is 30.1 Å². The second-order valence-electron chi connectivity index (χ2n) is 4.18. The van der Waals surface area contributed by atoms with Gasteiger partial charge in [0.15, 0.2) is 15.6 Å². The van der Waals surface area contributed by atoms with Crippen molar-refractivity contribution in [3.05, 3.63) is 39.9 Å². The molecule has 0 radical (unpaired) electrons. The van der Waals surface area contributed by atoms with Crippen molar-refractivity contribution in [2.45, 2.75) is 19.8 Å². The third-order valence-corrected chi connectivity index (χ3v) is 4.15. The molecule has 0 fully saturated rings. The number of unbranched alkanes of at least 4 members (excludes halogenated alkanes) is 1. The molecule has 0 aliphatic rings. The van der Waals surface area contributed by atoms with Gasteiger partial charge in [-0.25, -0.2) is 8.42 Å². The largest absolute Gasteiger partial charge is 0.293 e. The Labute approximate surface area is 111 Å². The normalized spacial score (nSPS) is 11.2. The van der Waals surface area contributed by atoms with Crippen LogP contribution in [0.5, 0.6) is 0 Å². The number of sulfone groups is 1. The summed E-state index contributed by atoms with van der Waals surface area (Å²) in [5.41, 5.74) is -0.175. The van der Waals surface area contributed by atoms with Gasteiger partial charge >= 0.3 is 0 Å². The molecule has 0 heterocycles. The van der Waals surface area contributed by atoms with Crippen molar-refractivity contribution in [3.63, 3.8) is 0 Å². The molecule has 7 heteroatoms. The minimum absolute atomic E-state index is 0.0375. The Morgan fingerprint density at radius 2 is 2.05 bits per heavy atom. The molecule has 0 saturated heterocycles. The molecule has 1 aromatic carbocycles. The Morgan fingerprint density at radius 1 is 1.37 bits per heavy atom. The van der Waals surface area contributed by atoms with Crippen molar-refractivity contribution < 1.29 is 18.1 Å². The van der Waals surface area contributed by atoms with Crippen molar-refractivity contribution in [3.8, 4) is 0 Å². The van der Waals surface area contributed by atoms with E-state index in [2.05, 4.69) is 0 Å². The van der Waals surface area contributed by atoms with Gasteiger partial charge in [0.2, 0.25) is 0 Å². The summed E-state index contributed by atoms with van der Waals surface area (Å²) < 4.78 is 23.3. The molecule has 0 unspecified atom stereocenters. The van der Waals surface area contributed by atoms with Gasteiger partial charge in [0, 0.05) is 17.7 Å². The van der Waals surface area contributed by atoms with Gasteiger partial charge in [0.05, 0.1) is 10.7 Å². The molecular formula is C12H15NO5S. The van der Waals surface area contributed by atoms with Crippen LogP contribution in [0.2, 0.25) is 0 Å². The number of hydrogen-bond donors (Lipinski definition) is 0. The molecule has 0 aromatic heterocycles. The van der Waals surface area contributed by atoms with Crippen LogP contribution in [0.25, 0.3) is 0 Å². The molecule has 1 aromatic rings. The Morgan fingerprint density at radius 3 is 2.63 bits per heavy atom. The molecule has 6 nitrogen and oxygen atoms in total. The number of carbonyl (C=O) groups is 1. The summed E-state index contributed by atoms with van der Waals surface area (Å²) in [6.45, 7) is 1.86. The quantitative estimate of drug-likeness (QED) is 0.434. The second-order valence-corrected chi connectivity index (χ2v) is 6.36. The van der Waals surface area contributed by atoms with Crippen LogP contribution in [0.3, 0.4) is 0 Å². The zero-order valence-corrected chi connectivity index (χ0v) is 11.4. The maximum Gasteiger partial charge on any atom is 0.270 e. The van der Waals surface area contributed by atoms with E-state index in [0.29, 0.717) is 6.42 Å². The number of nitro benzene ring substituents is 1. The lowest BCUT2D eigenvalue weighted by Crippen LogP contribution is -2.19. The van der Waals surface area contributed by atoms with Crippen LogP contribution < -0.4 is 0 Å². The predicted molar refractivity (Wildman–Crippen MR) is 71.0 cm³/mol. The lowest BCUT2D eigenvalue weighted by Gasteiger charge is -2.03. The molecule has 0 spiro atoms. The Hall–Kier alpha value is -1.76. The van der Waals surface area contributed by atoms with Gasteiger partial charge in [0.1, 0.15) is 5.75 Å². The monoisotopic (exact) mass is 285 g/mol. The second kappa shape index (κ2) is 6.42. The van der Waals surface area contributed by atoms with Gasteiger partial charge in [-0.15, -0.1) is 0 Å². The van der Waals surface area contributed by atoms with E-state index >= 15 is 0 Å². The fourth-order valence-electron chi connectivity index (χ4n) is 1.51. The summed E-state index contributed by atoms with van der Waals surface area (Å²) in [7, 11) is -3.44. The van der Waals surface area contributed by atoms with Crippen molar-refractivity contribution in [1.82, 2.24) is 0 Å². The van der Waals surface area contributed by atoms with Gasteiger partial charge in [0.25, 0.3) is 5.69 Å². The first-order chi connectivity index (χ1) is 8.85. The van der Waals surface area contributed by atoms with Crippen molar-refractivity contribution >= 4 is 21.3 Å². The van der Waals surface area contributed by atoms with E-state index in [-0.39, 0.29) is 17.0 Å². The standard InChI is InChI=1S/C12H15NO5S/c1-2-3-7-19(17,18)9-12(14)10-5-4-6-11(8-10)13(15)16/h4-6,8H,2-3,7,9H2,1H3. The lowest BCUT2D eigenvalue weighted by atomic mass is 10.1. The number of carbonyl (C=O) groups excluding carboxylic acids is 1. The first-order valence-electron chi connectivity index (χ1n) is 5.84. The molecule has 0 saturated carbocycles. The topological polar surface area (TPSA) is 94.3 Å². The molecular weight excluding hydrogens is 270 g/mol. The molecule has 1 rings (SSSR count). The summed E-state index contributed by atoms with van der Waals surface area (Å²) in [6.07, 6.45) is 1.23. The molecule has 104 valence electrons. The van der Waals surface area contributed by atoms with Gasteiger partial charge in [-0.2, -0.15) is 0 Å². The smallest absolute Gasteiger partial charge is 0.270 e. The van der Waals surface area contributed by atoms with E-state index in [9.17, 15) is 23.3 Å². The number of benzene rings is 1. The first kappa shape index (κ1) is 15.3. The highest BCUT2D eigenvalue weighted by Crippen LogP contribution is 2.14. The zero-order chi connectivity index (χ0) is 14.5. The highest BCUT2D eigenvalue weighted by Gasteiger charge is 2.19. The lowest BCUT2D eigenvalue weighted by molar-refractivity contribution is -0.384. The zero-order valence-electron chi connectivity index (χ0n) is 10.5. The van der Waals surface area contributed by atoms with Crippen LogP contribution in [-0.4, -0.2) is 30.6 Å². The van der Waals surface area contributed by atoms with Crippen LogP contribution in [0, 0.1) is 10.1 Å². The number of Topliss-reactive ketones (excluding diaryl/α,β-unsaturated/α-hetero) is 1. The average Bonchev–Trinajstić information content (AvgIpc) is 2.36. The molecule has 0 aliphatic heterocycles. The number of ketones is 1. The van der Waals surface area contributed by atoms with E-state index in [1.807, 2.05) is 6.92 Å².